The molecule has 4 nitrogen and oxygen atoms in total. The van der Waals surface area contributed by atoms with Crippen LogP contribution < -0.4 is 5.73 Å². The summed E-state index contributed by atoms with van der Waals surface area (Å²) in [5, 5.41) is 7.72. The molecule has 7 heteroatoms. The van der Waals surface area contributed by atoms with E-state index in [1.165, 1.54) is 12.1 Å². The lowest BCUT2D eigenvalue weighted by atomic mass is 10.3. The third-order valence-electron chi connectivity index (χ3n) is 1.76. The zero-order valence-corrected chi connectivity index (χ0v) is 9.77. The number of aromatic nitrogens is 2. The molecule has 0 saturated carbocycles. The molecule has 1 aromatic heterocycles. The van der Waals surface area contributed by atoms with Gasteiger partial charge in [-0.25, -0.2) is 4.39 Å². The molecule has 0 unspecified atom stereocenters. The molecule has 0 bridgehead atoms. The topological polar surface area (TPSA) is 64.9 Å². The van der Waals surface area contributed by atoms with Crippen molar-refractivity contribution in [2.75, 3.05) is 5.73 Å². The molecule has 0 aliphatic rings. The van der Waals surface area contributed by atoms with E-state index in [4.69, 9.17) is 21.8 Å². The van der Waals surface area contributed by atoms with Gasteiger partial charge in [-0.15, -0.1) is 10.2 Å². The third-order valence-corrected chi connectivity index (χ3v) is 2.96. The Morgan fingerprint density at radius 3 is 2.81 bits per heavy atom. The maximum absolute atomic E-state index is 13.2. The van der Waals surface area contributed by atoms with Gasteiger partial charge in [0, 0.05) is 17.5 Å². The highest BCUT2D eigenvalue weighted by atomic mass is 35.5. The highest BCUT2D eigenvalue weighted by molar-refractivity contribution is 7.99. The van der Waals surface area contributed by atoms with Gasteiger partial charge in [-0.1, -0.05) is 11.6 Å². The van der Waals surface area contributed by atoms with Crippen LogP contribution in [0.5, 0.6) is 0 Å². The van der Waals surface area contributed by atoms with E-state index >= 15 is 0 Å². The van der Waals surface area contributed by atoms with Gasteiger partial charge in [-0.3, -0.25) is 0 Å². The normalized spacial score (nSPS) is 10.7. The van der Waals surface area contributed by atoms with Crippen molar-refractivity contribution in [3.63, 3.8) is 0 Å². The fourth-order valence-corrected chi connectivity index (χ4v) is 1.99. The average Bonchev–Trinajstić information content (AvgIpc) is 2.60. The standard InChI is InChI=1S/C9H7ClFN3OS/c1-4-13-14-9(15-4)16-8-3-6(11)5(10)2-7(8)12/h2-3H,12H2,1H3. The first-order valence-corrected chi connectivity index (χ1v) is 5.48. The molecule has 0 aliphatic carbocycles. The molecule has 0 atom stereocenters. The molecule has 2 rings (SSSR count). The lowest BCUT2D eigenvalue weighted by Crippen LogP contribution is -1.90. The van der Waals surface area contributed by atoms with Crippen molar-refractivity contribution in [3.05, 3.63) is 28.9 Å². The summed E-state index contributed by atoms with van der Waals surface area (Å²) < 4.78 is 18.3. The first-order chi connectivity index (χ1) is 7.56. The number of aryl methyl sites for hydroxylation is 1. The second-order valence-electron chi connectivity index (χ2n) is 2.99. The van der Waals surface area contributed by atoms with Crippen LogP contribution in [0.1, 0.15) is 5.89 Å². The minimum absolute atomic E-state index is 0.0106. The summed E-state index contributed by atoms with van der Waals surface area (Å²) in [6, 6.07) is 2.59. The van der Waals surface area contributed by atoms with Crippen molar-refractivity contribution >= 4 is 29.1 Å². The van der Waals surface area contributed by atoms with E-state index in [9.17, 15) is 4.39 Å². The predicted octanol–water partition coefficient (Wildman–Crippen LogP) is 2.90. The molecule has 2 aromatic rings. The first kappa shape index (κ1) is 11.2. The largest absolute Gasteiger partial charge is 0.416 e. The predicted molar refractivity (Wildman–Crippen MR) is 59.0 cm³/mol. The monoisotopic (exact) mass is 259 g/mol. The Hall–Kier alpha value is -1.27. The second kappa shape index (κ2) is 4.31. The number of hydrogen-bond acceptors (Lipinski definition) is 5. The van der Waals surface area contributed by atoms with E-state index in [1.807, 2.05) is 0 Å². The lowest BCUT2D eigenvalue weighted by Gasteiger charge is -2.03. The van der Waals surface area contributed by atoms with E-state index in [0.29, 0.717) is 21.7 Å². The van der Waals surface area contributed by atoms with E-state index < -0.39 is 5.82 Å². The highest BCUT2D eigenvalue weighted by Crippen LogP contribution is 2.34. The number of rotatable bonds is 2. The quantitative estimate of drug-likeness (QED) is 0.840. The summed E-state index contributed by atoms with van der Waals surface area (Å²) >= 11 is 6.67. The van der Waals surface area contributed by atoms with Crippen molar-refractivity contribution in [2.45, 2.75) is 17.0 Å². The Balaban J connectivity index is 2.31. The summed E-state index contributed by atoms with van der Waals surface area (Å²) in [5.74, 6) is -0.0925. The molecule has 84 valence electrons. The number of nitrogen functional groups attached to an aromatic ring is 1. The van der Waals surface area contributed by atoms with Crippen LogP contribution in [0.4, 0.5) is 10.1 Å². The van der Waals surface area contributed by atoms with Crippen LogP contribution in [0.15, 0.2) is 26.7 Å². The van der Waals surface area contributed by atoms with Gasteiger partial charge < -0.3 is 10.2 Å². The number of nitrogens with zero attached hydrogens (tertiary/aromatic N) is 2. The molecule has 2 N–H and O–H groups in total. The lowest BCUT2D eigenvalue weighted by molar-refractivity contribution is 0.429. The van der Waals surface area contributed by atoms with Gasteiger partial charge >= 0.3 is 0 Å². The Labute approximate surface area is 100.0 Å². The van der Waals surface area contributed by atoms with Gasteiger partial charge in [0.05, 0.1) is 5.02 Å². The number of halogens is 2. The maximum atomic E-state index is 13.2. The Morgan fingerprint density at radius 1 is 1.44 bits per heavy atom. The molecular weight excluding hydrogens is 253 g/mol. The summed E-state index contributed by atoms with van der Waals surface area (Å²) in [7, 11) is 0. The smallest absolute Gasteiger partial charge is 0.281 e. The van der Waals surface area contributed by atoms with Gasteiger partial charge in [0.15, 0.2) is 0 Å². The second-order valence-corrected chi connectivity index (χ2v) is 4.39. The first-order valence-electron chi connectivity index (χ1n) is 4.29. The van der Waals surface area contributed by atoms with E-state index in [2.05, 4.69) is 10.2 Å². The molecule has 0 fully saturated rings. The summed E-state index contributed by atoms with van der Waals surface area (Å²) in [6.45, 7) is 1.67. The summed E-state index contributed by atoms with van der Waals surface area (Å²) in [5.41, 5.74) is 6.05. The number of benzene rings is 1. The number of hydrogen-bond donors (Lipinski definition) is 1. The van der Waals surface area contributed by atoms with Crippen LogP contribution in [-0.4, -0.2) is 10.2 Å². The van der Waals surface area contributed by atoms with Gasteiger partial charge in [-0.05, 0) is 23.9 Å². The van der Waals surface area contributed by atoms with Gasteiger partial charge in [-0.2, -0.15) is 0 Å². The van der Waals surface area contributed by atoms with Crippen LogP contribution >= 0.6 is 23.4 Å². The minimum atomic E-state index is -0.533. The number of nitrogens with two attached hydrogens (primary N) is 1. The third kappa shape index (κ3) is 2.28. The molecule has 1 heterocycles. The summed E-state index contributed by atoms with van der Waals surface area (Å²) in [6.07, 6.45) is 0. The van der Waals surface area contributed by atoms with E-state index in [-0.39, 0.29) is 5.02 Å². The van der Waals surface area contributed by atoms with Crippen LogP contribution in [-0.2, 0) is 0 Å². The fraction of sp³-hybridized carbons (Fsp3) is 0.111. The van der Waals surface area contributed by atoms with Gasteiger partial charge in [0.1, 0.15) is 5.82 Å². The Bertz CT molecular complexity index is 531. The molecule has 1 aromatic carbocycles. The average molecular weight is 260 g/mol. The molecule has 0 radical (unpaired) electrons. The van der Waals surface area contributed by atoms with Crippen molar-refractivity contribution in [3.8, 4) is 0 Å². The zero-order valence-electron chi connectivity index (χ0n) is 8.20. The van der Waals surface area contributed by atoms with E-state index in [0.717, 1.165) is 11.8 Å². The maximum Gasteiger partial charge on any atom is 0.281 e. The molecular formula is C9H7ClFN3OS. The van der Waals surface area contributed by atoms with Crippen molar-refractivity contribution < 1.29 is 8.81 Å². The van der Waals surface area contributed by atoms with Gasteiger partial charge in [0.25, 0.3) is 5.22 Å². The minimum Gasteiger partial charge on any atom is -0.416 e. The Morgan fingerprint density at radius 2 is 2.19 bits per heavy atom. The van der Waals surface area contributed by atoms with Crippen LogP contribution in [0.3, 0.4) is 0 Å². The Kier molecular flexibility index (Phi) is 3.02. The molecule has 0 saturated heterocycles. The SMILES string of the molecule is Cc1nnc(Sc2cc(F)c(Cl)cc2N)o1. The number of anilines is 1. The molecule has 0 amide bonds. The van der Waals surface area contributed by atoms with E-state index in [1.54, 1.807) is 6.92 Å². The van der Waals surface area contributed by atoms with Crippen LogP contribution in [0, 0.1) is 12.7 Å². The zero-order chi connectivity index (χ0) is 11.7. The van der Waals surface area contributed by atoms with Crippen LogP contribution in [0.25, 0.3) is 0 Å². The van der Waals surface area contributed by atoms with Gasteiger partial charge in [0.2, 0.25) is 5.89 Å². The molecule has 0 spiro atoms. The van der Waals surface area contributed by atoms with Crippen molar-refractivity contribution in [1.29, 1.82) is 0 Å². The fourth-order valence-electron chi connectivity index (χ4n) is 1.05. The summed E-state index contributed by atoms with van der Waals surface area (Å²) in [4.78, 5) is 0.491. The van der Waals surface area contributed by atoms with Crippen LogP contribution in [0.2, 0.25) is 5.02 Å². The highest BCUT2D eigenvalue weighted by Gasteiger charge is 2.11. The van der Waals surface area contributed by atoms with Crippen molar-refractivity contribution in [2.24, 2.45) is 0 Å². The molecule has 0 aliphatic heterocycles. The van der Waals surface area contributed by atoms with Crippen molar-refractivity contribution in [1.82, 2.24) is 10.2 Å². The molecule has 16 heavy (non-hydrogen) atoms.